The van der Waals surface area contributed by atoms with Crippen LogP contribution < -0.4 is 4.90 Å². The molecule has 0 saturated heterocycles. The molecular formula is C48H38N2. The summed E-state index contributed by atoms with van der Waals surface area (Å²) in [5.74, 6) is 0. The molecule has 240 valence electrons. The maximum atomic E-state index is 2.54. The monoisotopic (exact) mass is 642 g/mol. The average Bonchev–Trinajstić information content (AvgIpc) is 3.49. The van der Waals surface area contributed by atoms with E-state index in [-0.39, 0.29) is 10.8 Å². The van der Waals surface area contributed by atoms with Gasteiger partial charge in [-0.2, -0.15) is 0 Å². The van der Waals surface area contributed by atoms with Crippen molar-refractivity contribution >= 4 is 38.9 Å². The quantitative estimate of drug-likeness (QED) is 0.186. The zero-order chi connectivity index (χ0) is 33.8. The first kappa shape index (κ1) is 29.1. The SMILES string of the molecule is CC1(C)c2ccccc2N2c3ccccc3C(C)(C)c3cc(-c4ccc5c(c4)c4ccccc4n5-c4ccc(-c5ccccc5)cc4)cc1c32. The first-order valence-electron chi connectivity index (χ1n) is 17.7. The van der Waals surface area contributed by atoms with Gasteiger partial charge in [-0.15, -0.1) is 0 Å². The van der Waals surface area contributed by atoms with Crippen LogP contribution in [0.3, 0.4) is 0 Å². The number of anilines is 3. The molecule has 7 aromatic carbocycles. The van der Waals surface area contributed by atoms with Crippen molar-refractivity contribution < 1.29 is 0 Å². The fraction of sp³-hybridized carbons (Fsp3) is 0.125. The van der Waals surface area contributed by atoms with E-state index in [0.29, 0.717) is 0 Å². The topological polar surface area (TPSA) is 8.17 Å². The van der Waals surface area contributed by atoms with Gasteiger partial charge in [0.05, 0.1) is 28.1 Å². The van der Waals surface area contributed by atoms with Crippen molar-refractivity contribution in [3.05, 3.63) is 180 Å². The Morgan fingerprint density at radius 2 is 0.900 bits per heavy atom. The molecular weight excluding hydrogens is 605 g/mol. The van der Waals surface area contributed by atoms with Crippen LogP contribution >= 0.6 is 0 Å². The molecule has 50 heavy (non-hydrogen) atoms. The molecule has 2 heteroatoms. The zero-order valence-corrected chi connectivity index (χ0v) is 28.9. The Balaban J connectivity index is 1.18. The highest BCUT2D eigenvalue weighted by Crippen LogP contribution is 2.60. The van der Waals surface area contributed by atoms with Crippen LogP contribution in [0.2, 0.25) is 0 Å². The van der Waals surface area contributed by atoms with Crippen LogP contribution in [0.1, 0.15) is 49.9 Å². The van der Waals surface area contributed by atoms with Crippen LogP contribution in [0.15, 0.2) is 158 Å². The molecule has 0 unspecified atom stereocenters. The molecule has 0 aliphatic carbocycles. The van der Waals surface area contributed by atoms with Crippen molar-refractivity contribution in [2.24, 2.45) is 0 Å². The molecule has 0 atom stereocenters. The molecule has 0 spiro atoms. The second-order valence-electron chi connectivity index (χ2n) is 15.0. The van der Waals surface area contributed by atoms with Gasteiger partial charge in [-0.1, -0.05) is 131 Å². The maximum absolute atomic E-state index is 2.54. The fourth-order valence-electron chi connectivity index (χ4n) is 8.91. The molecule has 3 heterocycles. The number of fused-ring (bicyclic) bond motifs is 7. The Hall–Kier alpha value is -5.86. The normalized spacial score (nSPS) is 15.1. The predicted molar refractivity (Wildman–Crippen MR) is 211 cm³/mol. The van der Waals surface area contributed by atoms with Crippen molar-refractivity contribution in [2.45, 2.75) is 38.5 Å². The third kappa shape index (κ3) is 3.96. The summed E-state index contributed by atoms with van der Waals surface area (Å²) in [7, 11) is 0. The lowest BCUT2D eigenvalue weighted by Crippen LogP contribution is -2.38. The van der Waals surface area contributed by atoms with Crippen LogP contribution in [0, 0.1) is 0 Å². The lowest BCUT2D eigenvalue weighted by atomic mass is 9.65. The van der Waals surface area contributed by atoms with Gasteiger partial charge in [0.1, 0.15) is 0 Å². The van der Waals surface area contributed by atoms with E-state index in [1.807, 2.05) is 0 Å². The molecule has 0 bridgehead atoms. The average molecular weight is 643 g/mol. The zero-order valence-electron chi connectivity index (χ0n) is 28.9. The third-order valence-electron chi connectivity index (χ3n) is 11.6. The van der Waals surface area contributed by atoms with Crippen LogP contribution in [0.5, 0.6) is 0 Å². The number of hydrogen-bond acceptors (Lipinski definition) is 1. The Bertz CT molecular complexity index is 2560. The Morgan fingerprint density at radius 3 is 1.56 bits per heavy atom. The molecule has 0 radical (unpaired) electrons. The second kappa shape index (κ2) is 10.3. The van der Waals surface area contributed by atoms with E-state index in [2.05, 4.69) is 195 Å². The van der Waals surface area contributed by atoms with Gasteiger partial charge in [0, 0.05) is 27.3 Å². The van der Waals surface area contributed by atoms with Crippen molar-refractivity contribution in [1.29, 1.82) is 0 Å². The van der Waals surface area contributed by atoms with Gasteiger partial charge >= 0.3 is 0 Å². The highest BCUT2D eigenvalue weighted by atomic mass is 15.2. The van der Waals surface area contributed by atoms with E-state index in [1.54, 1.807) is 0 Å². The van der Waals surface area contributed by atoms with Gasteiger partial charge < -0.3 is 9.47 Å². The van der Waals surface area contributed by atoms with Crippen molar-refractivity contribution in [2.75, 3.05) is 4.90 Å². The van der Waals surface area contributed by atoms with Crippen LogP contribution in [-0.4, -0.2) is 4.57 Å². The molecule has 10 rings (SSSR count). The van der Waals surface area contributed by atoms with E-state index >= 15 is 0 Å². The highest BCUT2D eigenvalue weighted by Gasteiger charge is 2.45. The van der Waals surface area contributed by atoms with Gasteiger partial charge in [-0.3, -0.25) is 0 Å². The molecule has 0 N–H and O–H groups in total. The molecule has 2 aliphatic heterocycles. The summed E-state index contributed by atoms with van der Waals surface area (Å²) >= 11 is 0. The smallest absolute Gasteiger partial charge is 0.0544 e. The van der Waals surface area contributed by atoms with Gasteiger partial charge in [0.15, 0.2) is 0 Å². The Kier molecular flexibility index (Phi) is 6.01. The number of rotatable bonds is 3. The standard InChI is InChI=1S/C48H38N2/c1-47(2)38-17-9-12-20-44(38)50-45-21-13-10-18-39(45)48(3,4)41-30-34(29-40(47)46(41)50)33-24-27-43-37(28-33)36-16-8-11-19-42(36)49(43)35-25-22-32(23-26-35)31-14-6-5-7-15-31/h5-30H,1-4H3. The van der Waals surface area contributed by atoms with Gasteiger partial charge in [0.25, 0.3) is 0 Å². The number of aromatic nitrogens is 1. The van der Waals surface area contributed by atoms with Crippen molar-refractivity contribution in [3.63, 3.8) is 0 Å². The van der Waals surface area contributed by atoms with Crippen molar-refractivity contribution in [3.8, 4) is 27.9 Å². The third-order valence-corrected chi connectivity index (χ3v) is 11.6. The van der Waals surface area contributed by atoms with Gasteiger partial charge in [-0.05, 0) is 99.1 Å². The second-order valence-corrected chi connectivity index (χ2v) is 15.0. The number of para-hydroxylation sites is 3. The van der Waals surface area contributed by atoms with E-state index in [1.165, 1.54) is 89.1 Å². The first-order valence-corrected chi connectivity index (χ1v) is 17.7. The largest absolute Gasteiger partial charge is 0.309 e. The molecule has 0 saturated carbocycles. The lowest BCUT2D eigenvalue weighted by Gasteiger charge is -2.49. The van der Waals surface area contributed by atoms with E-state index < -0.39 is 0 Å². The summed E-state index contributed by atoms with van der Waals surface area (Å²) < 4.78 is 2.41. The first-order chi connectivity index (χ1) is 24.3. The van der Waals surface area contributed by atoms with Crippen LogP contribution in [0.4, 0.5) is 17.1 Å². The van der Waals surface area contributed by atoms with Gasteiger partial charge in [-0.25, -0.2) is 0 Å². The van der Waals surface area contributed by atoms with Crippen molar-refractivity contribution in [1.82, 2.24) is 4.57 Å². The molecule has 2 nitrogen and oxygen atoms in total. The Labute approximate surface area is 293 Å². The van der Waals surface area contributed by atoms with E-state index in [9.17, 15) is 0 Å². The van der Waals surface area contributed by atoms with E-state index in [0.717, 1.165) is 0 Å². The summed E-state index contributed by atoms with van der Waals surface area (Å²) in [6.45, 7) is 9.60. The highest BCUT2D eigenvalue weighted by molar-refractivity contribution is 6.10. The minimum atomic E-state index is -0.165. The molecule has 0 amide bonds. The maximum Gasteiger partial charge on any atom is 0.0544 e. The molecule has 2 aliphatic rings. The summed E-state index contributed by atoms with van der Waals surface area (Å²) in [6, 6.07) is 58.4. The number of benzene rings is 7. The molecule has 0 fully saturated rings. The summed E-state index contributed by atoms with van der Waals surface area (Å²) in [4.78, 5) is 2.54. The minimum absolute atomic E-state index is 0.165. The van der Waals surface area contributed by atoms with E-state index in [4.69, 9.17) is 0 Å². The van der Waals surface area contributed by atoms with Crippen LogP contribution in [0.25, 0.3) is 49.7 Å². The summed E-state index contributed by atoms with van der Waals surface area (Å²) in [5.41, 5.74) is 17.7. The van der Waals surface area contributed by atoms with Gasteiger partial charge in [0.2, 0.25) is 0 Å². The predicted octanol–water partition coefficient (Wildman–Crippen LogP) is 12.9. The molecule has 8 aromatic rings. The summed E-state index contributed by atoms with van der Waals surface area (Å²) in [6.07, 6.45) is 0. The number of nitrogens with zero attached hydrogens (tertiary/aromatic N) is 2. The Morgan fingerprint density at radius 1 is 0.380 bits per heavy atom. The number of hydrogen-bond donors (Lipinski definition) is 0. The fourth-order valence-corrected chi connectivity index (χ4v) is 8.91. The molecule has 1 aromatic heterocycles. The lowest BCUT2D eigenvalue weighted by molar-refractivity contribution is 0.598. The van der Waals surface area contributed by atoms with Crippen LogP contribution in [-0.2, 0) is 10.8 Å². The summed E-state index contributed by atoms with van der Waals surface area (Å²) in [5, 5.41) is 2.54. The minimum Gasteiger partial charge on any atom is -0.309 e.